The molecule has 7 heteroatoms. The number of nitrogens with one attached hydrogen (secondary N) is 2. The lowest BCUT2D eigenvalue weighted by Gasteiger charge is -2.11. The summed E-state index contributed by atoms with van der Waals surface area (Å²) in [7, 11) is 3.46. The van der Waals surface area contributed by atoms with Crippen molar-refractivity contribution in [3.05, 3.63) is 50.6 Å². The Labute approximate surface area is 166 Å². The molecule has 0 radical (unpaired) electrons. The lowest BCUT2D eigenvalue weighted by atomic mass is 10.1. The van der Waals surface area contributed by atoms with Gasteiger partial charge in [-0.2, -0.15) is 0 Å². The van der Waals surface area contributed by atoms with Gasteiger partial charge in [0.15, 0.2) is 5.96 Å². The van der Waals surface area contributed by atoms with Crippen molar-refractivity contribution >= 4 is 57.2 Å². The summed E-state index contributed by atoms with van der Waals surface area (Å²) < 4.78 is 6.30. The van der Waals surface area contributed by atoms with Crippen LogP contribution in [0.25, 0.3) is 0 Å². The van der Waals surface area contributed by atoms with Crippen LogP contribution >= 0.6 is 51.2 Å². The van der Waals surface area contributed by atoms with Crippen LogP contribution in [0.4, 0.5) is 0 Å². The minimum Gasteiger partial charge on any atom is -0.497 e. The molecule has 0 atom stereocenters. The molecule has 0 saturated heterocycles. The molecule has 0 fully saturated rings. The first-order valence-corrected chi connectivity index (χ1v) is 8.64. The molecule has 4 nitrogen and oxygen atoms in total. The number of nitrogens with zero attached hydrogens (tertiary/aromatic N) is 1. The second-order valence-electron chi connectivity index (χ2n) is 4.66. The topological polar surface area (TPSA) is 45.7 Å². The van der Waals surface area contributed by atoms with Gasteiger partial charge in [0.1, 0.15) is 5.75 Å². The van der Waals surface area contributed by atoms with E-state index in [0.29, 0.717) is 0 Å². The van der Waals surface area contributed by atoms with E-state index in [1.54, 1.807) is 25.5 Å². The van der Waals surface area contributed by atoms with E-state index in [0.717, 1.165) is 35.0 Å². The number of hydrogen-bond donors (Lipinski definition) is 2. The molecule has 0 spiro atoms. The highest BCUT2D eigenvalue weighted by Crippen LogP contribution is 2.21. The molecule has 2 N–H and O–H groups in total. The molecule has 0 aliphatic heterocycles. The third-order valence-corrected chi connectivity index (χ3v) is 4.77. The van der Waals surface area contributed by atoms with E-state index in [4.69, 9.17) is 4.74 Å². The van der Waals surface area contributed by atoms with Crippen LogP contribution in [0.1, 0.15) is 10.4 Å². The highest BCUT2D eigenvalue weighted by molar-refractivity contribution is 14.0. The van der Waals surface area contributed by atoms with Crippen LogP contribution < -0.4 is 15.4 Å². The lowest BCUT2D eigenvalue weighted by Crippen LogP contribution is -2.37. The molecule has 0 saturated carbocycles. The van der Waals surface area contributed by atoms with Crippen LogP contribution in [0, 0.1) is 0 Å². The van der Waals surface area contributed by atoms with Gasteiger partial charge in [0, 0.05) is 18.5 Å². The fourth-order valence-electron chi connectivity index (χ4n) is 1.96. The van der Waals surface area contributed by atoms with E-state index >= 15 is 0 Å². The van der Waals surface area contributed by atoms with Crippen molar-refractivity contribution in [2.24, 2.45) is 4.99 Å². The predicted molar refractivity (Wildman–Crippen MR) is 112 cm³/mol. The molecule has 23 heavy (non-hydrogen) atoms. The third-order valence-electron chi connectivity index (χ3n) is 3.15. The van der Waals surface area contributed by atoms with Gasteiger partial charge in [-0.15, -0.1) is 35.3 Å². The maximum Gasteiger partial charge on any atom is 0.191 e. The van der Waals surface area contributed by atoms with Gasteiger partial charge < -0.3 is 15.4 Å². The van der Waals surface area contributed by atoms with Gasteiger partial charge >= 0.3 is 0 Å². The van der Waals surface area contributed by atoms with Crippen LogP contribution in [-0.2, 0) is 13.0 Å². The predicted octanol–water partition coefficient (Wildman–Crippen LogP) is 4.04. The Kier molecular flexibility index (Phi) is 9.57. The molecule has 1 aromatic carbocycles. The number of methoxy groups -OCH3 is 1. The summed E-state index contributed by atoms with van der Waals surface area (Å²) in [6.07, 6.45) is 0.940. The summed E-state index contributed by atoms with van der Waals surface area (Å²) in [5, 5.41) is 6.64. The highest BCUT2D eigenvalue weighted by Gasteiger charge is 2.01. The number of halogens is 2. The van der Waals surface area contributed by atoms with Gasteiger partial charge in [-0.05, 0) is 52.2 Å². The molecule has 126 valence electrons. The van der Waals surface area contributed by atoms with Crippen LogP contribution in [0.3, 0.4) is 0 Å². The summed E-state index contributed by atoms with van der Waals surface area (Å²) >= 11 is 5.19. The zero-order valence-corrected chi connectivity index (χ0v) is 17.9. The average molecular weight is 510 g/mol. The van der Waals surface area contributed by atoms with Crippen molar-refractivity contribution in [3.8, 4) is 5.75 Å². The SMILES string of the molecule is CN=C(NCCc1ccc(OC)cc1)NCc1ccc(Br)s1.I. The molecule has 2 aromatic rings. The van der Waals surface area contributed by atoms with Crippen molar-refractivity contribution in [2.75, 3.05) is 20.7 Å². The Balaban J connectivity index is 0.00000264. The molecule has 0 aliphatic carbocycles. The van der Waals surface area contributed by atoms with Crippen molar-refractivity contribution in [3.63, 3.8) is 0 Å². The molecule has 0 bridgehead atoms. The molecular formula is C16H21BrIN3OS. The Bertz CT molecular complexity index is 616. The van der Waals surface area contributed by atoms with Crippen molar-refractivity contribution in [2.45, 2.75) is 13.0 Å². The summed E-state index contributed by atoms with van der Waals surface area (Å²) in [6.45, 7) is 1.61. The third kappa shape index (κ3) is 7.09. The van der Waals surface area contributed by atoms with Crippen LogP contribution in [-0.4, -0.2) is 26.7 Å². The zero-order valence-electron chi connectivity index (χ0n) is 13.1. The Morgan fingerprint density at radius 1 is 1.17 bits per heavy atom. The highest BCUT2D eigenvalue weighted by atomic mass is 127. The average Bonchev–Trinajstić information content (AvgIpc) is 2.96. The standard InChI is InChI=1S/C16H20BrN3OS.HI/c1-18-16(20-11-14-7-8-15(17)22-14)19-10-9-12-3-5-13(21-2)6-4-12;/h3-8H,9-11H2,1-2H3,(H2,18,19,20);1H. The molecular weight excluding hydrogens is 489 g/mol. The molecule has 0 aliphatic rings. The largest absolute Gasteiger partial charge is 0.497 e. The summed E-state index contributed by atoms with van der Waals surface area (Å²) in [5.74, 6) is 1.70. The smallest absolute Gasteiger partial charge is 0.191 e. The minimum atomic E-state index is 0. The van der Waals surface area contributed by atoms with Crippen molar-refractivity contribution in [1.82, 2.24) is 10.6 Å². The van der Waals surface area contributed by atoms with Gasteiger partial charge in [0.2, 0.25) is 0 Å². The normalized spacial score (nSPS) is 10.8. The van der Waals surface area contributed by atoms with Gasteiger partial charge in [-0.25, -0.2) is 0 Å². The second kappa shape index (κ2) is 10.9. The number of aliphatic imine (C=N–C) groups is 1. The summed E-state index contributed by atoms with van der Waals surface area (Å²) in [5.41, 5.74) is 1.27. The summed E-state index contributed by atoms with van der Waals surface area (Å²) in [6, 6.07) is 12.3. The fourth-order valence-corrected chi connectivity index (χ4v) is 3.38. The van der Waals surface area contributed by atoms with E-state index in [2.05, 4.69) is 55.8 Å². The van der Waals surface area contributed by atoms with E-state index in [-0.39, 0.29) is 24.0 Å². The molecule has 1 aromatic heterocycles. The lowest BCUT2D eigenvalue weighted by molar-refractivity contribution is 0.414. The van der Waals surface area contributed by atoms with E-state index in [9.17, 15) is 0 Å². The summed E-state index contributed by atoms with van der Waals surface area (Å²) in [4.78, 5) is 5.50. The van der Waals surface area contributed by atoms with Crippen LogP contribution in [0.2, 0.25) is 0 Å². The first-order chi connectivity index (χ1) is 10.7. The first-order valence-electron chi connectivity index (χ1n) is 7.03. The van der Waals surface area contributed by atoms with Crippen molar-refractivity contribution < 1.29 is 4.74 Å². The maximum absolute atomic E-state index is 5.16. The minimum absolute atomic E-state index is 0. The monoisotopic (exact) mass is 509 g/mol. The Morgan fingerprint density at radius 2 is 1.91 bits per heavy atom. The second-order valence-corrected chi connectivity index (χ2v) is 7.20. The number of hydrogen-bond acceptors (Lipinski definition) is 3. The molecule has 1 heterocycles. The number of benzene rings is 1. The number of guanidine groups is 1. The van der Waals surface area contributed by atoms with Gasteiger partial charge in [0.25, 0.3) is 0 Å². The Morgan fingerprint density at radius 3 is 2.48 bits per heavy atom. The zero-order chi connectivity index (χ0) is 15.8. The number of ether oxygens (including phenoxy) is 1. The first kappa shape index (κ1) is 20.2. The molecule has 2 rings (SSSR count). The fraction of sp³-hybridized carbons (Fsp3) is 0.312. The quantitative estimate of drug-likeness (QED) is 0.351. The van der Waals surface area contributed by atoms with E-state index in [1.165, 1.54) is 10.4 Å². The maximum atomic E-state index is 5.16. The van der Waals surface area contributed by atoms with Gasteiger partial charge in [0.05, 0.1) is 17.4 Å². The molecule has 0 unspecified atom stereocenters. The number of rotatable bonds is 6. The van der Waals surface area contributed by atoms with Crippen LogP contribution in [0.5, 0.6) is 5.75 Å². The van der Waals surface area contributed by atoms with Gasteiger partial charge in [-0.1, -0.05) is 12.1 Å². The molecule has 0 amide bonds. The van der Waals surface area contributed by atoms with Gasteiger partial charge in [-0.3, -0.25) is 4.99 Å². The van der Waals surface area contributed by atoms with Crippen LogP contribution in [0.15, 0.2) is 45.2 Å². The van der Waals surface area contributed by atoms with E-state index < -0.39 is 0 Å². The van der Waals surface area contributed by atoms with E-state index in [1.807, 2.05) is 12.1 Å². The number of thiophene rings is 1. The Hall–Kier alpha value is -0.800. The van der Waals surface area contributed by atoms with Crippen molar-refractivity contribution in [1.29, 1.82) is 0 Å².